The van der Waals surface area contributed by atoms with E-state index in [2.05, 4.69) is 4.74 Å². The van der Waals surface area contributed by atoms with Gasteiger partial charge in [0, 0.05) is 12.0 Å². The molecule has 1 rings (SSSR count). The topological polar surface area (TPSA) is 86.5 Å². The number of benzene rings is 1. The predicted octanol–water partition coefficient (Wildman–Crippen LogP) is 1.29. The molecule has 0 aliphatic carbocycles. The molecule has 0 radical (unpaired) electrons. The van der Waals surface area contributed by atoms with Gasteiger partial charge in [-0.1, -0.05) is 12.1 Å². The molecule has 0 saturated carbocycles. The standard InChI is InChI=1S/C14H17NO4/c1-9-3-4-11(7-10(9)2)12(16)5-6-14(18)19-8-13(15)17/h3-4,7H,5-6,8H2,1-2H3,(H2,15,17). The van der Waals surface area contributed by atoms with Gasteiger partial charge in [-0.3, -0.25) is 14.4 Å². The van der Waals surface area contributed by atoms with E-state index in [-0.39, 0.29) is 18.6 Å². The van der Waals surface area contributed by atoms with Gasteiger partial charge in [-0.2, -0.15) is 0 Å². The van der Waals surface area contributed by atoms with E-state index in [9.17, 15) is 14.4 Å². The highest BCUT2D eigenvalue weighted by Crippen LogP contribution is 2.12. The molecular formula is C14H17NO4. The van der Waals surface area contributed by atoms with E-state index in [1.54, 1.807) is 12.1 Å². The first-order valence-corrected chi connectivity index (χ1v) is 5.94. The van der Waals surface area contributed by atoms with Crippen molar-refractivity contribution in [1.29, 1.82) is 0 Å². The maximum atomic E-state index is 11.9. The van der Waals surface area contributed by atoms with Gasteiger partial charge in [0.25, 0.3) is 5.91 Å². The van der Waals surface area contributed by atoms with Crippen molar-refractivity contribution in [2.24, 2.45) is 5.73 Å². The van der Waals surface area contributed by atoms with Crippen LogP contribution in [0.5, 0.6) is 0 Å². The van der Waals surface area contributed by atoms with E-state index in [1.165, 1.54) is 0 Å². The number of primary amides is 1. The van der Waals surface area contributed by atoms with Crippen molar-refractivity contribution < 1.29 is 19.1 Å². The number of carbonyl (C=O) groups excluding carboxylic acids is 3. The molecule has 1 amide bonds. The maximum Gasteiger partial charge on any atom is 0.306 e. The lowest BCUT2D eigenvalue weighted by Gasteiger charge is -2.05. The van der Waals surface area contributed by atoms with E-state index in [0.717, 1.165) is 11.1 Å². The van der Waals surface area contributed by atoms with Crippen LogP contribution < -0.4 is 5.73 Å². The van der Waals surface area contributed by atoms with Gasteiger partial charge >= 0.3 is 5.97 Å². The maximum absolute atomic E-state index is 11.9. The van der Waals surface area contributed by atoms with Crippen molar-refractivity contribution in [2.75, 3.05) is 6.61 Å². The van der Waals surface area contributed by atoms with E-state index in [1.807, 2.05) is 19.9 Å². The summed E-state index contributed by atoms with van der Waals surface area (Å²) in [6.07, 6.45) is -0.000860. The average Bonchev–Trinajstić information content (AvgIpc) is 2.36. The van der Waals surface area contributed by atoms with Crippen LogP contribution in [0.2, 0.25) is 0 Å². The molecule has 1 aromatic rings. The number of aryl methyl sites for hydroxylation is 2. The number of hydrogen-bond acceptors (Lipinski definition) is 4. The van der Waals surface area contributed by atoms with Crippen LogP contribution in [0.1, 0.15) is 34.3 Å². The molecular weight excluding hydrogens is 246 g/mol. The lowest BCUT2D eigenvalue weighted by molar-refractivity contribution is -0.147. The van der Waals surface area contributed by atoms with Gasteiger partial charge in [-0.25, -0.2) is 0 Å². The van der Waals surface area contributed by atoms with Crippen LogP contribution in [0.25, 0.3) is 0 Å². The Labute approximate surface area is 111 Å². The summed E-state index contributed by atoms with van der Waals surface area (Å²) in [5.41, 5.74) is 7.55. The summed E-state index contributed by atoms with van der Waals surface area (Å²) in [5.74, 6) is -1.44. The Morgan fingerprint density at radius 1 is 1.11 bits per heavy atom. The lowest BCUT2D eigenvalue weighted by Crippen LogP contribution is -2.21. The number of amides is 1. The van der Waals surface area contributed by atoms with E-state index in [0.29, 0.717) is 5.56 Å². The second kappa shape index (κ2) is 6.68. The zero-order valence-electron chi connectivity index (χ0n) is 11.1. The molecule has 5 nitrogen and oxygen atoms in total. The summed E-state index contributed by atoms with van der Waals surface area (Å²) in [5, 5.41) is 0. The fraction of sp³-hybridized carbons (Fsp3) is 0.357. The third kappa shape index (κ3) is 4.91. The predicted molar refractivity (Wildman–Crippen MR) is 69.6 cm³/mol. The van der Waals surface area contributed by atoms with Crippen LogP contribution in [0.4, 0.5) is 0 Å². The molecule has 0 aromatic heterocycles. The van der Waals surface area contributed by atoms with Crippen molar-refractivity contribution in [3.63, 3.8) is 0 Å². The van der Waals surface area contributed by atoms with Crippen molar-refractivity contribution >= 4 is 17.7 Å². The zero-order valence-corrected chi connectivity index (χ0v) is 11.1. The number of rotatable bonds is 6. The van der Waals surface area contributed by atoms with Crippen LogP contribution >= 0.6 is 0 Å². The Bertz CT molecular complexity index is 508. The quantitative estimate of drug-likeness (QED) is 0.619. The molecule has 0 spiro atoms. The number of esters is 1. The third-order valence-corrected chi connectivity index (χ3v) is 2.76. The highest BCUT2D eigenvalue weighted by molar-refractivity contribution is 5.97. The van der Waals surface area contributed by atoms with Crippen LogP contribution in [0, 0.1) is 13.8 Å². The number of Topliss-reactive ketones (excluding diaryl/α,β-unsaturated/α-hetero) is 1. The molecule has 0 heterocycles. The Hall–Kier alpha value is -2.17. The average molecular weight is 263 g/mol. The molecule has 5 heteroatoms. The lowest BCUT2D eigenvalue weighted by atomic mass is 10.0. The van der Waals surface area contributed by atoms with Gasteiger partial charge in [-0.15, -0.1) is 0 Å². The highest BCUT2D eigenvalue weighted by atomic mass is 16.5. The van der Waals surface area contributed by atoms with Crippen molar-refractivity contribution in [3.8, 4) is 0 Å². The molecule has 0 bridgehead atoms. The first kappa shape index (κ1) is 14.9. The minimum absolute atomic E-state index is 0.0557. The van der Waals surface area contributed by atoms with E-state index >= 15 is 0 Å². The summed E-state index contributed by atoms with van der Waals surface area (Å²) in [4.78, 5) is 33.5. The number of ether oxygens (including phenoxy) is 1. The van der Waals surface area contributed by atoms with Gasteiger partial charge in [0.05, 0.1) is 6.42 Å². The summed E-state index contributed by atoms with van der Waals surface area (Å²) >= 11 is 0. The van der Waals surface area contributed by atoms with Gasteiger partial charge in [-0.05, 0) is 31.0 Å². The second-order valence-electron chi connectivity index (χ2n) is 4.35. The molecule has 0 saturated heterocycles. The summed E-state index contributed by atoms with van der Waals surface area (Å²) in [6.45, 7) is 3.44. The number of nitrogens with two attached hydrogens (primary N) is 1. The molecule has 19 heavy (non-hydrogen) atoms. The van der Waals surface area contributed by atoms with Crippen LogP contribution in [-0.2, 0) is 14.3 Å². The first-order chi connectivity index (χ1) is 8.90. The van der Waals surface area contributed by atoms with Gasteiger partial charge in [0.2, 0.25) is 0 Å². The number of ketones is 1. The van der Waals surface area contributed by atoms with E-state index in [4.69, 9.17) is 5.73 Å². The molecule has 0 unspecified atom stereocenters. The Morgan fingerprint density at radius 3 is 2.37 bits per heavy atom. The van der Waals surface area contributed by atoms with Crippen molar-refractivity contribution in [2.45, 2.75) is 26.7 Å². The van der Waals surface area contributed by atoms with Crippen LogP contribution in [0.3, 0.4) is 0 Å². The molecule has 0 atom stereocenters. The van der Waals surface area contributed by atoms with Crippen LogP contribution in [-0.4, -0.2) is 24.3 Å². The van der Waals surface area contributed by atoms with Crippen molar-refractivity contribution in [1.82, 2.24) is 0 Å². The number of carbonyl (C=O) groups is 3. The van der Waals surface area contributed by atoms with Gasteiger partial charge in [0.15, 0.2) is 12.4 Å². The largest absolute Gasteiger partial charge is 0.456 e. The minimum Gasteiger partial charge on any atom is -0.456 e. The molecule has 2 N–H and O–H groups in total. The fourth-order valence-electron chi connectivity index (χ4n) is 1.50. The van der Waals surface area contributed by atoms with Crippen LogP contribution in [0.15, 0.2) is 18.2 Å². The molecule has 1 aromatic carbocycles. The highest BCUT2D eigenvalue weighted by Gasteiger charge is 2.11. The zero-order chi connectivity index (χ0) is 14.4. The number of hydrogen-bond donors (Lipinski definition) is 1. The summed E-state index contributed by atoms with van der Waals surface area (Å²) in [6, 6.07) is 5.40. The fourth-order valence-corrected chi connectivity index (χ4v) is 1.50. The van der Waals surface area contributed by atoms with Crippen molar-refractivity contribution in [3.05, 3.63) is 34.9 Å². The minimum atomic E-state index is -0.714. The van der Waals surface area contributed by atoms with E-state index < -0.39 is 18.5 Å². The molecule has 0 aliphatic rings. The Kier molecular flexibility index (Phi) is 5.23. The molecule has 0 aliphatic heterocycles. The first-order valence-electron chi connectivity index (χ1n) is 5.94. The normalized spacial score (nSPS) is 10.0. The Morgan fingerprint density at radius 2 is 1.79 bits per heavy atom. The van der Waals surface area contributed by atoms with Gasteiger partial charge in [0.1, 0.15) is 0 Å². The molecule has 0 fully saturated rings. The SMILES string of the molecule is Cc1ccc(C(=O)CCC(=O)OCC(N)=O)cc1C. The molecule has 102 valence electrons. The van der Waals surface area contributed by atoms with Gasteiger partial charge < -0.3 is 10.5 Å². The smallest absolute Gasteiger partial charge is 0.306 e. The monoisotopic (exact) mass is 263 g/mol. The summed E-state index contributed by atoms with van der Waals surface area (Å²) in [7, 11) is 0. The third-order valence-electron chi connectivity index (χ3n) is 2.76. The summed E-state index contributed by atoms with van der Waals surface area (Å²) < 4.78 is 4.57. The second-order valence-corrected chi connectivity index (χ2v) is 4.35. The Balaban J connectivity index is 2.49.